The number of hydrogen-bond acceptors (Lipinski definition) is 5. The maximum atomic E-state index is 11.8. The summed E-state index contributed by atoms with van der Waals surface area (Å²) in [7, 11) is 0. The molecular formula is C13H23NO4S. The Labute approximate surface area is 120 Å². The number of hydrogen-bond donors (Lipinski definition) is 1. The number of rotatable bonds is 3. The first-order chi connectivity index (χ1) is 8.81. The highest BCUT2D eigenvalue weighted by atomic mass is 32.1. The van der Waals surface area contributed by atoms with Crippen molar-refractivity contribution >= 4 is 24.7 Å². The summed E-state index contributed by atoms with van der Waals surface area (Å²) in [5.41, 5.74) is -0.462. The van der Waals surface area contributed by atoms with Gasteiger partial charge in [0, 0.05) is 13.1 Å². The molecule has 1 rings (SSSR count). The van der Waals surface area contributed by atoms with Gasteiger partial charge in [-0.15, -0.1) is 0 Å². The van der Waals surface area contributed by atoms with E-state index in [0.717, 1.165) is 12.8 Å². The number of amides is 1. The Morgan fingerprint density at radius 2 is 1.84 bits per heavy atom. The zero-order valence-corrected chi connectivity index (χ0v) is 12.7. The van der Waals surface area contributed by atoms with Crippen molar-refractivity contribution in [1.29, 1.82) is 0 Å². The van der Waals surface area contributed by atoms with Crippen molar-refractivity contribution in [2.24, 2.45) is 5.92 Å². The third-order valence-corrected chi connectivity index (χ3v) is 3.13. The molecule has 0 saturated carbocycles. The number of ether oxygens (including phenoxy) is 2. The summed E-state index contributed by atoms with van der Waals surface area (Å²) in [6.45, 7) is 7.29. The maximum Gasteiger partial charge on any atom is 0.410 e. The molecule has 0 radical (unpaired) electrons. The third-order valence-electron chi connectivity index (χ3n) is 2.88. The molecule has 19 heavy (non-hydrogen) atoms. The summed E-state index contributed by atoms with van der Waals surface area (Å²) in [5.74, 6) is 0.136. The molecule has 0 aliphatic carbocycles. The normalized spacial score (nSPS) is 17.2. The van der Waals surface area contributed by atoms with Crippen molar-refractivity contribution in [3.05, 3.63) is 0 Å². The Bertz CT molecular complexity index is 319. The molecule has 0 bridgehead atoms. The number of carbonyl (C=O) groups excluding carboxylic acids is 2. The molecule has 1 saturated heterocycles. The van der Waals surface area contributed by atoms with Gasteiger partial charge in [-0.3, -0.25) is 4.79 Å². The first kappa shape index (κ1) is 16.1. The van der Waals surface area contributed by atoms with Crippen LogP contribution < -0.4 is 0 Å². The summed E-state index contributed by atoms with van der Waals surface area (Å²) in [4.78, 5) is 24.6. The average Bonchev–Trinajstić information content (AvgIpc) is 2.34. The van der Waals surface area contributed by atoms with E-state index < -0.39 is 5.60 Å². The van der Waals surface area contributed by atoms with Crippen LogP contribution in [0.2, 0.25) is 0 Å². The van der Waals surface area contributed by atoms with E-state index in [4.69, 9.17) is 9.47 Å². The van der Waals surface area contributed by atoms with Crippen LogP contribution in [0.25, 0.3) is 0 Å². The van der Waals surface area contributed by atoms with Gasteiger partial charge >= 0.3 is 12.1 Å². The van der Waals surface area contributed by atoms with Gasteiger partial charge < -0.3 is 14.4 Å². The minimum Gasteiger partial charge on any atom is -0.465 e. The minimum absolute atomic E-state index is 0.108. The van der Waals surface area contributed by atoms with Crippen LogP contribution in [0.4, 0.5) is 4.79 Å². The molecule has 1 aliphatic rings. The second kappa shape index (κ2) is 7.03. The summed E-state index contributed by atoms with van der Waals surface area (Å²) in [5, 5.41) is 0. The van der Waals surface area contributed by atoms with Gasteiger partial charge in [0.25, 0.3) is 0 Å². The van der Waals surface area contributed by atoms with Gasteiger partial charge in [0.05, 0.1) is 12.4 Å². The van der Waals surface area contributed by atoms with E-state index in [9.17, 15) is 9.59 Å². The van der Waals surface area contributed by atoms with E-state index >= 15 is 0 Å². The fraction of sp³-hybridized carbons (Fsp3) is 0.846. The lowest BCUT2D eigenvalue weighted by Gasteiger charge is -2.33. The zero-order chi connectivity index (χ0) is 14.5. The Balaban J connectivity index is 2.29. The van der Waals surface area contributed by atoms with Crippen molar-refractivity contribution in [2.45, 2.75) is 39.2 Å². The highest BCUT2D eigenvalue weighted by Crippen LogP contribution is 2.20. The molecule has 0 unspecified atom stereocenters. The fourth-order valence-corrected chi connectivity index (χ4v) is 1.96. The molecular weight excluding hydrogens is 266 g/mol. The topological polar surface area (TPSA) is 55.8 Å². The van der Waals surface area contributed by atoms with E-state index in [2.05, 4.69) is 12.6 Å². The Morgan fingerprint density at radius 1 is 1.26 bits per heavy atom. The molecule has 5 nitrogen and oxygen atoms in total. The van der Waals surface area contributed by atoms with Gasteiger partial charge in [-0.2, -0.15) is 12.6 Å². The van der Waals surface area contributed by atoms with Crippen LogP contribution in [-0.2, 0) is 14.3 Å². The summed E-state index contributed by atoms with van der Waals surface area (Å²) >= 11 is 3.85. The number of piperidine rings is 1. The third kappa shape index (κ3) is 6.18. The van der Waals surface area contributed by atoms with Gasteiger partial charge in [0.1, 0.15) is 5.60 Å². The van der Waals surface area contributed by atoms with Crippen LogP contribution in [0.3, 0.4) is 0 Å². The van der Waals surface area contributed by atoms with E-state index in [1.165, 1.54) is 0 Å². The van der Waals surface area contributed by atoms with Gasteiger partial charge in [0.2, 0.25) is 0 Å². The van der Waals surface area contributed by atoms with Crippen molar-refractivity contribution in [3.63, 3.8) is 0 Å². The van der Waals surface area contributed by atoms with E-state index in [1.807, 2.05) is 20.8 Å². The quantitative estimate of drug-likeness (QED) is 0.638. The van der Waals surface area contributed by atoms with Crippen LogP contribution in [0.1, 0.15) is 33.6 Å². The van der Waals surface area contributed by atoms with Crippen LogP contribution in [0.5, 0.6) is 0 Å². The minimum atomic E-state index is -0.462. The lowest BCUT2D eigenvalue weighted by atomic mass is 9.98. The Hall–Kier alpha value is -0.910. The first-order valence-corrected chi connectivity index (χ1v) is 7.19. The molecule has 0 aromatic rings. The average molecular weight is 289 g/mol. The fourth-order valence-electron chi connectivity index (χ4n) is 1.87. The molecule has 1 aliphatic heterocycles. The van der Waals surface area contributed by atoms with Crippen molar-refractivity contribution < 1.29 is 19.1 Å². The molecule has 1 fully saturated rings. The number of nitrogens with zero attached hydrogens (tertiary/aromatic N) is 1. The van der Waals surface area contributed by atoms with Crippen LogP contribution >= 0.6 is 12.6 Å². The lowest BCUT2D eigenvalue weighted by molar-refractivity contribution is -0.142. The molecule has 0 aromatic carbocycles. The summed E-state index contributed by atoms with van der Waals surface area (Å²) < 4.78 is 10.4. The van der Waals surface area contributed by atoms with Gasteiger partial charge in [-0.25, -0.2) is 4.79 Å². The second-order valence-electron chi connectivity index (χ2n) is 5.75. The molecule has 1 heterocycles. The molecule has 0 spiro atoms. The maximum absolute atomic E-state index is 11.8. The van der Waals surface area contributed by atoms with Crippen LogP contribution in [0, 0.1) is 5.92 Å². The van der Waals surface area contributed by atoms with Crippen molar-refractivity contribution in [2.75, 3.05) is 25.4 Å². The Morgan fingerprint density at radius 3 is 2.32 bits per heavy atom. The van der Waals surface area contributed by atoms with Crippen LogP contribution in [-0.4, -0.2) is 48.0 Å². The van der Waals surface area contributed by atoms with E-state index in [0.29, 0.717) is 25.6 Å². The number of esters is 1. The number of carbonyl (C=O) groups is 2. The highest BCUT2D eigenvalue weighted by Gasteiger charge is 2.27. The predicted molar refractivity (Wildman–Crippen MR) is 75.3 cm³/mol. The monoisotopic (exact) mass is 289 g/mol. The predicted octanol–water partition coefficient (Wildman–Crippen LogP) is 2.11. The highest BCUT2D eigenvalue weighted by molar-refractivity contribution is 7.81. The number of thiol groups is 1. The molecule has 1 amide bonds. The second-order valence-corrected chi connectivity index (χ2v) is 6.07. The number of likely N-dealkylation sites (tertiary alicyclic amines) is 1. The summed E-state index contributed by atoms with van der Waals surface area (Å²) in [6, 6.07) is 0. The first-order valence-electron chi connectivity index (χ1n) is 6.56. The van der Waals surface area contributed by atoms with E-state index in [-0.39, 0.29) is 17.8 Å². The summed E-state index contributed by atoms with van der Waals surface area (Å²) in [6.07, 6.45) is 1.40. The molecule has 0 N–H and O–H groups in total. The standard InChI is InChI=1S/C13H23NO4S/c1-13(2,3)18-12(16)14-6-4-10(5-7-14)8-17-11(15)9-19/h10,19H,4-9H2,1-3H3. The molecule has 0 aromatic heterocycles. The van der Waals surface area contributed by atoms with Gasteiger partial charge in [-0.05, 0) is 39.5 Å². The SMILES string of the molecule is CC(C)(C)OC(=O)N1CCC(COC(=O)CS)CC1. The lowest BCUT2D eigenvalue weighted by Crippen LogP contribution is -2.42. The molecule has 110 valence electrons. The van der Waals surface area contributed by atoms with Gasteiger partial charge in [-0.1, -0.05) is 0 Å². The van der Waals surface area contributed by atoms with Crippen LogP contribution in [0.15, 0.2) is 0 Å². The van der Waals surface area contributed by atoms with Gasteiger partial charge in [0.15, 0.2) is 0 Å². The van der Waals surface area contributed by atoms with Crippen molar-refractivity contribution in [1.82, 2.24) is 4.90 Å². The zero-order valence-electron chi connectivity index (χ0n) is 11.8. The smallest absolute Gasteiger partial charge is 0.410 e. The molecule has 6 heteroatoms. The molecule has 0 atom stereocenters. The Kier molecular flexibility index (Phi) is 5.97. The largest absolute Gasteiger partial charge is 0.465 e. The van der Waals surface area contributed by atoms with E-state index in [1.54, 1.807) is 4.90 Å². The van der Waals surface area contributed by atoms with Crippen molar-refractivity contribution in [3.8, 4) is 0 Å².